The minimum atomic E-state index is 0. The maximum absolute atomic E-state index is 9.08. The predicted molar refractivity (Wildman–Crippen MR) is 106 cm³/mol. The molecule has 2 N–H and O–H groups in total. The largest absolute Gasteiger partial charge is 2.00 e. The number of hydrogen-bond donors (Lipinski definition) is 0. The number of nitroso groups, excluding NO2 is 2. The van der Waals surface area contributed by atoms with Crippen LogP contribution in [0.1, 0.15) is 0 Å². The average molecular weight is 453 g/mol. The average Bonchev–Trinajstić information content (AvgIpc) is 2.63. The summed E-state index contributed by atoms with van der Waals surface area (Å²) in [5.41, 5.74) is 16.8. The van der Waals surface area contributed by atoms with Gasteiger partial charge in [-0.1, -0.05) is 47.8 Å². The van der Waals surface area contributed by atoms with E-state index in [1.165, 1.54) is 14.1 Å². The topological polar surface area (TPSA) is 105 Å². The second-order valence-electron chi connectivity index (χ2n) is 5.10. The normalized spacial score (nSPS) is 9.70. The van der Waals surface area contributed by atoms with Gasteiger partial charge in [-0.05, 0) is 21.9 Å². The van der Waals surface area contributed by atoms with Crippen LogP contribution in [0.15, 0.2) is 58.3 Å². The van der Waals surface area contributed by atoms with Gasteiger partial charge in [0, 0.05) is 23.5 Å². The minimum Gasteiger partial charge on any atom is -0.741 e. The molecule has 0 aliphatic carbocycles. The van der Waals surface area contributed by atoms with E-state index < -0.39 is 0 Å². The number of thiol groups is 2. The van der Waals surface area contributed by atoms with Crippen molar-refractivity contribution in [2.75, 3.05) is 25.6 Å². The van der Waals surface area contributed by atoms with Crippen LogP contribution in [0.5, 0.6) is 0 Å². The summed E-state index contributed by atoms with van der Waals surface area (Å²) in [6.45, 7) is 0. The number of benzene rings is 2. The van der Waals surface area contributed by atoms with E-state index in [0.717, 1.165) is 56.2 Å². The van der Waals surface area contributed by atoms with Gasteiger partial charge >= 0.3 is 16.8 Å². The second kappa shape index (κ2) is 12.4. The Kier molecular flexibility index (Phi) is 10.6. The Morgan fingerprint density at radius 3 is 1.48 bits per heavy atom. The smallest absolute Gasteiger partial charge is 0.741 e. The Morgan fingerprint density at radius 2 is 1.11 bits per heavy atom. The molecular weight excluding hydrogens is 431 g/mol. The fourth-order valence-electron chi connectivity index (χ4n) is 1.93. The van der Waals surface area contributed by atoms with Crippen LogP contribution in [0.4, 0.5) is 11.4 Å². The first kappa shape index (κ1) is 23.1. The molecule has 0 saturated heterocycles. The van der Waals surface area contributed by atoms with Crippen LogP contribution in [0.3, 0.4) is 0 Å². The van der Waals surface area contributed by atoms with Crippen LogP contribution >= 0.6 is 0 Å². The molecule has 2 aromatic carbocycles. The summed E-state index contributed by atoms with van der Waals surface area (Å²) in [7, 11) is 2.82. The molecule has 0 aliphatic heterocycles. The Hall–Kier alpha value is -1.95. The molecule has 0 aliphatic rings. The van der Waals surface area contributed by atoms with E-state index in [2.05, 4.69) is 21.9 Å². The summed E-state index contributed by atoms with van der Waals surface area (Å²) in [6.07, 6.45) is 0. The molecule has 0 spiro atoms. The molecule has 145 valence electrons. The van der Waals surface area contributed by atoms with E-state index >= 15 is 0 Å². The zero-order chi connectivity index (χ0) is 18.8. The maximum atomic E-state index is 9.08. The van der Waals surface area contributed by atoms with Crippen LogP contribution in [0.2, 0.25) is 0 Å². The summed E-state index contributed by atoms with van der Waals surface area (Å²) >= 11 is 2.27. The molecular formula is C16H22CoN6O2S2+4. The summed E-state index contributed by atoms with van der Waals surface area (Å²) in [6, 6.07) is 15.4. The molecule has 0 aromatic heterocycles. The molecule has 0 saturated carbocycles. The monoisotopic (exact) mass is 453 g/mol. The summed E-state index contributed by atoms with van der Waals surface area (Å²) in [4.78, 5) is 21.6. The minimum absolute atomic E-state index is 0. The van der Waals surface area contributed by atoms with Gasteiger partial charge in [-0.3, -0.25) is 0 Å². The van der Waals surface area contributed by atoms with E-state index in [9.17, 15) is 0 Å². The van der Waals surface area contributed by atoms with Crippen molar-refractivity contribution in [1.29, 1.82) is 0 Å². The van der Waals surface area contributed by atoms with Crippen LogP contribution in [0.25, 0.3) is 21.9 Å². The molecule has 8 nitrogen and oxygen atoms in total. The third kappa shape index (κ3) is 8.52. The first-order valence-electron chi connectivity index (χ1n) is 7.78. The van der Waals surface area contributed by atoms with Crippen molar-refractivity contribution in [2.45, 2.75) is 9.79 Å². The molecule has 0 fully saturated rings. The third-order valence-corrected chi connectivity index (χ3v) is 5.68. The number of hydrogen-bond acceptors (Lipinski definition) is 0. The van der Waals surface area contributed by atoms with Crippen molar-refractivity contribution in [2.24, 2.45) is 0 Å². The van der Waals surface area contributed by atoms with Crippen molar-refractivity contribution in [3.63, 3.8) is 0 Å². The number of nitrogens with zero attached hydrogens (tertiary/aromatic N) is 6. The Balaban J connectivity index is 0.00000364. The van der Waals surface area contributed by atoms with Gasteiger partial charge in [-0.2, -0.15) is 0 Å². The van der Waals surface area contributed by atoms with Gasteiger partial charge in [0.05, 0.1) is 9.74 Å². The molecule has 11 heteroatoms. The summed E-state index contributed by atoms with van der Waals surface area (Å²) in [5.74, 6) is 1.88. The molecule has 0 bridgehead atoms. The van der Waals surface area contributed by atoms with Crippen molar-refractivity contribution in [1.82, 2.24) is 0 Å². The SMILES string of the molecule is C[N+](=[OH+])[N-][N-]c1ccccc1[SH+]CC[SH+]c1ccccc1[N-][N-][N+](C)=[OH+].[Co+2]. The molecule has 0 amide bonds. The Bertz CT molecular complexity index is 702. The first-order valence-corrected chi connectivity index (χ1v) is 9.94. The third-order valence-electron chi connectivity index (χ3n) is 2.99. The first-order chi connectivity index (χ1) is 12.6. The zero-order valence-electron chi connectivity index (χ0n) is 14.8. The van der Waals surface area contributed by atoms with Gasteiger partial charge in [0.25, 0.3) is 0 Å². The fraction of sp³-hybridized carbons (Fsp3) is 0.250. The molecule has 0 heterocycles. The van der Waals surface area contributed by atoms with Gasteiger partial charge in [0.1, 0.15) is 9.79 Å². The molecule has 27 heavy (non-hydrogen) atoms. The summed E-state index contributed by atoms with van der Waals surface area (Å²) in [5, 5.41) is 0. The molecule has 0 atom stereocenters. The van der Waals surface area contributed by atoms with E-state index in [4.69, 9.17) is 9.81 Å². The van der Waals surface area contributed by atoms with Gasteiger partial charge in [-0.15, -0.1) is 0 Å². The van der Waals surface area contributed by atoms with Gasteiger partial charge in [0.15, 0.2) is 11.5 Å². The van der Waals surface area contributed by atoms with E-state index in [1.807, 2.05) is 48.5 Å². The molecule has 2 aromatic rings. The second-order valence-corrected chi connectivity index (χ2v) is 7.59. The zero-order valence-corrected chi connectivity index (χ0v) is 17.7. The Morgan fingerprint density at radius 1 is 0.741 bits per heavy atom. The van der Waals surface area contributed by atoms with E-state index in [-0.39, 0.29) is 16.8 Å². The number of rotatable bonds is 11. The summed E-state index contributed by atoms with van der Waals surface area (Å²) < 4.78 is 0. The molecule has 0 unspecified atom stereocenters. The van der Waals surface area contributed by atoms with Gasteiger partial charge < -0.3 is 21.9 Å². The van der Waals surface area contributed by atoms with Crippen LogP contribution in [-0.4, -0.2) is 45.2 Å². The molecule has 2 rings (SSSR count). The van der Waals surface area contributed by atoms with Crippen molar-refractivity contribution >= 4 is 34.9 Å². The van der Waals surface area contributed by atoms with Crippen LogP contribution in [0, 0.1) is 0 Å². The standard InChI is InChI=1S/C16H18N6O2S2.Co/c1-21(23)19-17-13-7-3-5-9-15(13)25-11-12-26-16-10-6-4-8-14(16)18-20-22(2)24;/h3-10H,11-12H2,1-2H3;/q-2;+2/p+4. The quantitative estimate of drug-likeness (QED) is 0.163. The van der Waals surface area contributed by atoms with Crippen molar-refractivity contribution in [3.05, 3.63) is 70.5 Å². The fourth-order valence-corrected chi connectivity index (χ4v) is 4.16. The van der Waals surface area contributed by atoms with Crippen LogP contribution in [-0.2, 0) is 40.3 Å². The van der Waals surface area contributed by atoms with E-state index in [1.54, 1.807) is 0 Å². The van der Waals surface area contributed by atoms with Gasteiger partial charge in [0.2, 0.25) is 14.1 Å². The van der Waals surface area contributed by atoms with Gasteiger partial charge in [-0.25, -0.2) is 0 Å². The van der Waals surface area contributed by atoms with Crippen molar-refractivity contribution in [3.8, 4) is 0 Å². The van der Waals surface area contributed by atoms with E-state index in [0.29, 0.717) is 9.74 Å². The maximum Gasteiger partial charge on any atom is 2.00 e. The predicted octanol–water partition coefficient (Wildman–Crippen LogP) is 3.55. The Labute approximate surface area is 176 Å². The van der Waals surface area contributed by atoms with Crippen LogP contribution < -0.4 is 0 Å². The van der Waals surface area contributed by atoms with Crippen molar-refractivity contribution < 1.29 is 36.3 Å². The molecule has 1 radical (unpaired) electrons.